The molecule has 0 fully saturated rings. The van der Waals surface area contributed by atoms with Crippen LogP contribution >= 0.6 is 11.3 Å². The average Bonchev–Trinajstić information content (AvgIpc) is 2.96. The topological polar surface area (TPSA) is 48.1 Å². The largest absolute Gasteiger partial charge is 0.493 e. The Morgan fingerprint density at radius 3 is 3.19 bits per heavy atom. The van der Waals surface area contributed by atoms with Gasteiger partial charge < -0.3 is 10.5 Å². The summed E-state index contributed by atoms with van der Waals surface area (Å²) in [6.07, 6.45) is 2.85. The van der Waals surface area contributed by atoms with Crippen LogP contribution in [0.5, 0.6) is 5.75 Å². The van der Waals surface area contributed by atoms with E-state index in [0.717, 1.165) is 34.2 Å². The summed E-state index contributed by atoms with van der Waals surface area (Å²) in [6.45, 7) is 1.36. The van der Waals surface area contributed by atoms with Crippen molar-refractivity contribution in [2.45, 2.75) is 13.0 Å². The molecule has 0 saturated carbocycles. The third-order valence-electron chi connectivity index (χ3n) is 2.69. The van der Waals surface area contributed by atoms with Gasteiger partial charge in [0.05, 0.1) is 6.61 Å². The Morgan fingerprint density at radius 1 is 1.44 bits per heavy atom. The lowest BCUT2D eigenvalue weighted by atomic mass is 10.1. The summed E-state index contributed by atoms with van der Waals surface area (Å²) in [6, 6.07) is 6.26. The number of thiazole rings is 1. The Hall–Kier alpha value is -1.39. The summed E-state index contributed by atoms with van der Waals surface area (Å²) in [4.78, 5) is 5.50. The summed E-state index contributed by atoms with van der Waals surface area (Å²) in [7, 11) is 0. The second-order valence-corrected chi connectivity index (χ2v) is 4.87. The van der Waals surface area contributed by atoms with Crippen molar-refractivity contribution in [1.82, 2.24) is 4.98 Å². The third kappa shape index (κ3) is 1.60. The molecule has 1 aliphatic heterocycles. The van der Waals surface area contributed by atoms with Gasteiger partial charge in [0.15, 0.2) is 0 Å². The first-order valence-corrected chi connectivity index (χ1v) is 6.09. The zero-order chi connectivity index (χ0) is 11.0. The molecular formula is C12H12N2OS. The molecule has 2 heterocycles. The Bertz CT molecular complexity index is 521. The van der Waals surface area contributed by atoms with Crippen molar-refractivity contribution in [3.63, 3.8) is 0 Å². The Labute approximate surface area is 97.9 Å². The molecule has 3 nitrogen and oxygen atoms in total. The number of fused-ring (bicyclic) bond motifs is 1. The number of benzene rings is 1. The van der Waals surface area contributed by atoms with Crippen molar-refractivity contribution in [3.05, 3.63) is 34.8 Å². The van der Waals surface area contributed by atoms with Gasteiger partial charge in [0.25, 0.3) is 0 Å². The summed E-state index contributed by atoms with van der Waals surface area (Å²) in [5, 5.41) is 1.04. The van der Waals surface area contributed by atoms with Crippen LogP contribution in [0.3, 0.4) is 0 Å². The van der Waals surface area contributed by atoms with E-state index in [-0.39, 0.29) is 0 Å². The molecule has 16 heavy (non-hydrogen) atoms. The molecule has 0 spiro atoms. The molecule has 4 heteroatoms. The van der Waals surface area contributed by atoms with Crippen LogP contribution in [-0.2, 0) is 13.0 Å². The Kier molecular flexibility index (Phi) is 2.38. The van der Waals surface area contributed by atoms with Crippen molar-refractivity contribution in [3.8, 4) is 16.3 Å². The summed E-state index contributed by atoms with van der Waals surface area (Å²) in [5.74, 6) is 1.01. The number of nitrogens with zero attached hydrogens (tertiary/aromatic N) is 1. The highest BCUT2D eigenvalue weighted by atomic mass is 32.1. The first kappa shape index (κ1) is 9.81. The summed E-state index contributed by atoms with van der Waals surface area (Å²) < 4.78 is 5.48. The molecule has 1 aromatic heterocycles. The van der Waals surface area contributed by atoms with Gasteiger partial charge in [0.2, 0.25) is 0 Å². The number of nitrogens with two attached hydrogens (primary N) is 1. The Balaban J connectivity index is 2.00. The third-order valence-corrected chi connectivity index (χ3v) is 3.76. The number of ether oxygens (including phenoxy) is 1. The number of hydrogen-bond donors (Lipinski definition) is 1. The van der Waals surface area contributed by atoms with E-state index in [4.69, 9.17) is 10.5 Å². The van der Waals surface area contributed by atoms with Crippen molar-refractivity contribution in [2.75, 3.05) is 6.61 Å². The van der Waals surface area contributed by atoms with Crippen LogP contribution in [0.15, 0.2) is 24.4 Å². The van der Waals surface area contributed by atoms with Crippen molar-refractivity contribution in [2.24, 2.45) is 5.73 Å². The zero-order valence-corrected chi connectivity index (χ0v) is 9.59. The van der Waals surface area contributed by atoms with E-state index in [1.807, 2.05) is 12.3 Å². The minimum atomic E-state index is 0.561. The van der Waals surface area contributed by atoms with Gasteiger partial charge in [0, 0.05) is 29.6 Å². The number of rotatable bonds is 2. The van der Waals surface area contributed by atoms with Gasteiger partial charge in [-0.3, -0.25) is 0 Å². The molecule has 82 valence electrons. The molecule has 1 aromatic carbocycles. The predicted octanol–water partition coefficient (Wildman–Crippen LogP) is 2.20. The highest BCUT2D eigenvalue weighted by Crippen LogP contribution is 2.32. The van der Waals surface area contributed by atoms with Crippen LogP contribution in [-0.4, -0.2) is 11.6 Å². The average molecular weight is 232 g/mol. The first-order valence-electron chi connectivity index (χ1n) is 5.27. The minimum absolute atomic E-state index is 0.561. The van der Waals surface area contributed by atoms with Gasteiger partial charge in [-0.05, 0) is 23.8 Å². The van der Waals surface area contributed by atoms with Crippen LogP contribution in [0.25, 0.3) is 10.6 Å². The lowest BCUT2D eigenvalue weighted by Crippen LogP contribution is -1.91. The minimum Gasteiger partial charge on any atom is -0.493 e. The van der Waals surface area contributed by atoms with Crippen molar-refractivity contribution >= 4 is 11.3 Å². The van der Waals surface area contributed by atoms with E-state index in [9.17, 15) is 0 Å². The SMILES string of the molecule is NCc1cnc(-c2ccc3c(c2)CCO3)s1. The second kappa shape index (κ2) is 3.88. The van der Waals surface area contributed by atoms with Crippen molar-refractivity contribution < 1.29 is 4.74 Å². The normalized spacial score (nSPS) is 13.6. The van der Waals surface area contributed by atoms with Gasteiger partial charge in [-0.15, -0.1) is 11.3 Å². The van der Waals surface area contributed by atoms with Gasteiger partial charge in [-0.2, -0.15) is 0 Å². The summed E-state index contributed by atoms with van der Waals surface area (Å²) >= 11 is 1.65. The van der Waals surface area contributed by atoms with Crippen LogP contribution in [0.1, 0.15) is 10.4 Å². The quantitative estimate of drug-likeness (QED) is 0.863. The standard InChI is InChI=1S/C12H12N2OS/c13-6-10-7-14-12(16-10)9-1-2-11-8(5-9)3-4-15-11/h1-2,5,7H,3-4,6,13H2. The molecule has 1 aliphatic rings. The fourth-order valence-electron chi connectivity index (χ4n) is 1.85. The first-order chi connectivity index (χ1) is 7.86. The molecule has 0 bridgehead atoms. The highest BCUT2D eigenvalue weighted by Gasteiger charge is 2.13. The molecular weight excluding hydrogens is 220 g/mol. The van der Waals surface area contributed by atoms with E-state index in [1.54, 1.807) is 11.3 Å². The number of hydrogen-bond acceptors (Lipinski definition) is 4. The maximum absolute atomic E-state index is 5.58. The van der Waals surface area contributed by atoms with Gasteiger partial charge in [0.1, 0.15) is 10.8 Å². The predicted molar refractivity (Wildman–Crippen MR) is 64.6 cm³/mol. The maximum atomic E-state index is 5.58. The van der Waals surface area contributed by atoms with Crippen LogP contribution in [0.2, 0.25) is 0 Å². The summed E-state index contributed by atoms with van der Waals surface area (Å²) in [5.41, 5.74) is 8.02. The van der Waals surface area contributed by atoms with E-state index >= 15 is 0 Å². The van der Waals surface area contributed by atoms with E-state index in [1.165, 1.54) is 5.56 Å². The zero-order valence-electron chi connectivity index (χ0n) is 8.77. The van der Waals surface area contributed by atoms with Crippen LogP contribution < -0.4 is 10.5 Å². The van der Waals surface area contributed by atoms with E-state index < -0.39 is 0 Å². The molecule has 3 rings (SSSR count). The van der Waals surface area contributed by atoms with Gasteiger partial charge in [-0.1, -0.05) is 0 Å². The molecule has 0 aliphatic carbocycles. The molecule has 2 aromatic rings. The number of aromatic nitrogens is 1. The van der Waals surface area contributed by atoms with E-state index in [0.29, 0.717) is 6.54 Å². The van der Waals surface area contributed by atoms with Gasteiger partial charge >= 0.3 is 0 Å². The van der Waals surface area contributed by atoms with E-state index in [2.05, 4.69) is 17.1 Å². The second-order valence-electron chi connectivity index (χ2n) is 3.76. The maximum Gasteiger partial charge on any atom is 0.123 e. The Morgan fingerprint density at radius 2 is 2.38 bits per heavy atom. The molecule has 0 amide bonds. The smallest absolute Gasteiger partial charge is 0.123 e. The highest BCUT2D eigenvalue weighted by molar-refractivity contribution is 7.15. The fraction of sp³-hybridized carbons (Fsp3) is 0.250. The molecule has 0 saturated heterocycles. The molecule has 0 radical (unpaired) electrons. The monoisotopic (exact) mass is 232 g/mol. The van der Waals surface area contributed by atoms with Crippen LogP contribution in [0.4, 0.5) is 0 Å². The molecule has 0 unspecified atom stereocenters. The van der Waals surface area contributed by atoms with Crippen LogP contribution in [0, 0.1) is 0 Å². The molecule has 0 atom stereocenters. The lowest BCUT2D eigenvalue weighted by Gasteiger charge is -2.00. The molecule has 2 N–H and O–H groups in total. The van der Waals surface area contributed by atoms with Crippen molar-refractivity contribution in [1.29, 1.82) is 0 Å². The lowest BCUT2D eigenvalue weighted by molar-refractivity contribution is 0.357. The fourth-order valence-corrected chi connectivity index (χ4v) is 2.64. The van der Waals surface area contributed by atoms with Gasteiger partial charge in [-0.25, -0.2) is 4.98 Å².